The van der Waals surface area contributed by atoms with Crippen molar-refractivity contribution in [2.75, 3.05) is 26.0 Å². The minimum Gasteiger partial charge on any atom is -0.396 e. The van der Waals surface area contributed by atoms with Gasteiger partial charge in [-0.05, 0) is 26.7 Å². The third kappa shape index (κ3) is 4.03. The third-order valence-corrected chi connectivity index (χ3v) is 2.83. The molecule has 0 aliphatic carbocycles. The zero-order valence-electron chi connectivity index (χ0n) is 11.3. The number of nitrogens with two attached hydrogens (primary N) is 1. The lowest BCUT2D eigenvalue weighted by Gasteiger charge is -2.06. The zero-order chi connectivity index (χ0) is 13.5. The smallest absolute Gasteiger partial charge is 0.241 e. The van der Waals surface area contributed by atoms with E-state index in [1.165, 1.54) is 0 Å². The van der Waals surface area contributed by atoms with Crippen LogP contribution < -0.4 is 11.1 Å². The SMILES string of the molecule is COCCCCNC(=O)Cn1nc(C)c(N)c1C. The summed E-state index contributed by atoms with van der Waals surface area (Å²) in [4.78, 5) is 11.7. The van der Waals surface area contributed by atoms with Crippen molar-refractivity contribution in [2.24, 2.45) is 0 Å². The van der Waals surface area contributed by atoms with Gasteiger partial charge in [0.25, 0.3) is 0 Å². The molecule has 0 aromatic carbocycles. The summed E-state index contributed by atoms with van der Waals surface area (Å²) in [6.07, 6.45) is 1.86. The summed E-state index contributed by atoms with van der Waals surface area (Å²) >= 11 is 0. The van der Waals surface area contributed by atoms with Crippen molar-refractivity contribution in [1.82, 2.24) is 15.1 Å². The lowest BCUT2D eigenvalue weighted by atomic mass is 10.3. The highest BCUT2D eigenvalue weighted by Gasteiger charge is 2.10. The lowest BCUT2D eigenvalue weighted by Crippen LogP contribution is -2.29. The van der Waals surface area contributed by atoms with Crippen LogP contribution in [0.3, 0.4) is 0 Å². The number of nitrogens with zero attached hydrogens (tertiary/aromatic N) is 2. The topological polar surface area (TPSA) is 82.2 Å². The molecule has 3 N–H and O–H groups in total. The fraction of sp³-hybridized carbons (Fsp3) is 0.667. The van der Waals surface area contributed by atoms with Crippen molar-refractivity contribution in [3.63, 3.8) is 0 Å². The molecule has 6 heteroatoms. The second-order valence-electron chi connectivity index (χ2n) is 4.29. The predicted molar refractivity (Wildman–Crippen MR) is 70.2 cm³/mol. The van der Waals surface area contributed by atoms with Crippen molar-refractivity contribution < 1.29 is 9.53 Å². The van der Waals surface area contributed by atoms with Crippen LogP contribution in [0.15, 0.2) is 0 Å². The summed E-state index contributed by atoms with van der Waals surface area (Å²) in [6.45, 7) is 5.30. The Bertz CT molecular complexity index is 401. The number of amides is 1. The minimum atomic E-state index is -0.0435. The second kappa shape index (κ2) is 7.00. The summed E-state index contributed by atoms with van der Waals surface area (Å²) in [5.74, 6) is -0.0435. The molecule has 1 rings (SSSR count). The number of nitrogen functional groups attached to an aromatic ring is 1. The molecule has 6 nitrogen and oxygen atoms in total. The van der Waals surface area contributed by atoms with Gasteiger partial charge in [0.05, 0.1) is 17.1 Å². The van der Waals surface area contributed by atoms with Gasteiger partial charge in [-0.1, -0.05) is 0 Å². The fourth-order valence-corrected chi connectivity index (χ4v) is 1.66. The van der Waals surface area contributed by atoms with Gasteiger partial charge in [-0.15, -0.1) is 0 Å². The van der Waals surface area contributed by atoms with Gasteiger partial charge in [0, 0.05) is 20.3 Å². The summed E-state index contributed by atoms with van der Waals surface area (Å²) in [6, 6.07) is 0. The Labute approximate surface area is 107 Å². The molecule has 0 unspecified atom stereocenters. The molecule has 0 aliphatic rings. The molecule has 18 heavy (non-hydrogen) atoms. The van der Waals surface area contributed by atoms with Gasteiger partial charge in [-0.2, -0.15) is 5.10 Å². The van der Waals surface area contributed by atoms with Gasteiger partial charge in [0.2, 0.25) is 5.91 Å². The number of hydrogen-bond donors (Lipinski definition) is 2. The van der Waals surface area contributed by atoms with E-state index in [-0.39, 0.29) is 12.5 Å². The average Bonchev–Trinajstić information content (AvgIpc) is 2.57. The minimum absolute atomic E-state index is 0.0435. The average molecular weight is 254 g/mol. The van der Waals surface area contributed by atoms with Crippen molar-refractivity contribution in [1.29, 1.82) is 0 Å². The Morgan fingerprint density at radius 1 is 1.44 bits per heavy atom. The maximum atomic E-state index is 11.7. The third-order valence-electron chi connectivity index (χ3n) is 2.83. The van der Waals surface area contributed by atoms with E-state index in [9.17, 15) is 4.79 Å². The highest BCUT2D eigenvalue weighted by molar-refractivity contribution is 5.75. The number of carbonyl (C=O) groups excluding carboxylic acids is 1. The molecule has 0 spiro atoms. The van der Waals surface area contributed by atoms with Crippen LogP contribution in [0.25, 0.3) is 0 Å². The normalized spacial score (nSPS) is 10.6. The van der Waals surface area contributed by atoms with Gasteiger partial charge in [-0.25, -0.2) is 0 Å². The van der Waals surface area contributed by atoms with Gasteiger partial charge < -0.3 is 15.8 Å². The first kappa shape index (κ1) is 14.5. The number of ether oxygens (including phenoxy) is 1. The maximum absolute atomic E-state index is 11.7. The number of carbonyl (C=O) groups is 1. The first-order valence-electron chi connectivity index (χ1n) is 6.11. The Morgan fingerprint density at radius 3 is 2.72 bits per heavy atom. The first-order valence-corrected chi connectivity index (χ1v) is 6.11. The van der Waals surface area contributed by atoms with Crippen LogP contribution >= 0.6 is 0 Å². The lowest BCUT2D eigenvalue weighted by molar-refractivity contribution is -0.121. The van der Waals surface area contributed by atoms with Crippen LogP contribution in [-0.2, 0) is 16.1 Å². The molecule has 0 radical (unpaired) electrons. The number of aryl methyl sites for hydroxylation is 1. The van der Waals surface area contributed by atoms with E-state index < -0.39 is 0 Å². The molecule has 0 aliphatic heterocycles. The number of hydrogen-bond acceptors (Lipinski definition) is 4. The summed E-state index contributed by atoms with van der Waals surface area (Å²) < 4.78 is 6.57. The van der Waals surface area contributed by atoms with Crippen LogP contribution in [0.5, 0.6) is 0 Å². The molecule has 0 saturated carbocycles. The van der Waals surface area contributed by atoms with Crippen molar-refractivity contribution in [2.45, 2.75) is 33.2 Å². The molecule has 102 valence electrons. The fourth-order valence-electron chi connectivity index (χ4n) is 1.66. The highest BCUT2D eigenvalue weighted by Crippen LogP contribution is 2.14. The van der Waals surface area contributed by atoms with E-state index >= 15 is 0 Å². The summed E-state index contributed by atoms with van der Waals surface area (Å²) in [5, 5.41) is 7.07. The van der Waals surface area contributed by atoms with Crippen LogP contribution in [0.4, 0.5) is 5.69 Å². The van der Waals surface area contributed by atoms with Crippen molar-refractivity contribution in [3.8, 4) is 0 Å². The van der Waals surface area contributed by atoms with Gasteiger partial charge in [0.15, 0.2) is 0 Å². The summed E-state index contributed by atoms with van der Waals surface area (Å²) in [7, 11) is 1.67. The van der Waals surface area contributed by atoms with Crippen LogP contribution in [-0.4, -0.2) is 35.9 Å². The van der Waals surface area contributed by atoms with Gasteiger partial charge in [-0.3, -0.25) is 9.48 Å². The maximum Gasteiger partial charge on any atom is 0.241 e. The molecule has 1 heterocycles. The van der Waals surface area contributed by atoms with Gasteiger partial charge >= 0.3 is 0 Å². The van der Waals surface area contributed by atoms with Crippen molar-refractivity contribution >= 4 is 11.6 Å². The first-order chi connectivity index (χ1) is 8.56. The summed E-state index contributed by atoms with van der Waals surface area (Å²) in [5.41, 5.74) is 8.06. The van der Waals surface area contributed by atoms with E-state index in [1.54, 1.807) is 11.8 Å². The largest absolute Gasteiger partial charge is 0.396 e. The molecule has 0 atom stereocenters. The number of anilines is 1. The van der Waals surface area contributed by atoms with E-state index in [4.69, 9.17) is 10.5 Å². The Hall–Kier alpha value is -1.56. The number of rotatable bonds is 7. The number of aromatic nitrogens is 2. The van der Waals surface area contributed by atoms with Crippen LogP contribution in [0.2, 0.25) is 0 Å². The standard InChI is InChI=1S/C12H22N4O2/c1-9-12(13)10(2)16(15-9)8-11(17)14-6-4-5-7-18-3/h4-8,13H2,1-3H3,(H,14,17). The molecule has 1 amide bonds. The van der Waals surface area contributed by atoms with Crippen LogP contribution in [0.1, 0.15) is 24.2 Å². The van der Waals surface area contributed by atoms with Crippen LogP contribution in [0, 0.1) is 13.8 Å². The van der Waals surface area contributed by atoms with E-state index in [0.717, 1.165) is 30.8 Å². The molecule has 1 aromatic heterocycles. The Kier molecular flexibility index (Phi) is 5.64. The molecule has 0 fully saturated rings. The molecule has 0 saturated heterocycles. The number of nitrogens with one attached hydrogen (secondary N) is 1. The number of methoxy groups -OCH3 is 1. The van der Waals surface area contributed by atoms with Crippen molar-refractivity contribution in [3.05, 3.63) is 11.4 Å². The van der Waals surface area contributed by atoms with E-state index in [1.807, 2.05) is 13.8 Å². The second-order valence-corrected chi connectivity index (χ2v) is 4.29. The zero-order valence-corrected chi connectivity index (χ0v) is 11.3. The number of unbranched alkanes of at least 4 members (excludes halogenated alkanes) is 1. The Morgan fingerprint density at radius 2 is 2.17 bits per heavy atom. The molecule has 0 bridgehead atoms. The Balaban J connectivity index is 2.33. The molecule has 1 aromatic rings. The van der Waals surface area contributed by atoms with E-state index in [0.29, 0.717) is 12.2 Å². The molecular weight excluding hydrogens is 232 g/mol. The van der Waals surface area contributed by atoms with Gasteiger partial charge in [0.1, 0.15) is 6.54 Å². The molecular formula is C12H22N4O2. The highest BCUT2D eigenvalue weighted by atomic mass is 16.5. The van der Waals surface area contributed by atoms with E-state index in [2.05, 4.69) is 10.4 Å². The quantitative estimate of drug-likeness (QED) is 0.699. The monoisotopic (exact) mass is 254 g/mol. The predicted octanol–water partition coefficient (Wildman–Crippen LogP) is 0.625.